The maximum absolute atomic E-state index is 12.1. The molecule has 2 rings (SSSR count). The lowest BCUT2D eigenvalue weighted by atomic mass is 10.0. The fourth-order valence-electron chi connectivity index (χ4n) is 2.19. The van der Waals surface area contributed by atoms with Crippen molar-refractivity contribution >= 4 is 68.3 Å². The molecular weight excluding hydrogens is 501 g/mol. The predicted octanol–water partition coefficient (Wildman–Crippen LogP) is 4.59. The van der Waals surface area contributed by atoms with Gasteiger partial charge in [0, 0.05) is 15.6 Å². The van der Waals surface area contributed by atoms with Crippen molar-refractivity contribution < 1.29 is 14.3 Å². The summed E-state index contributed by atoms with van der Waals surface area (Å²) in [5.41, 5.74) is 6.16. The van der Waals surface area contributed by atoms with Crippen molar-refractivity contribution in [2.75, 3.05) is 6.61 Å². The first-order valence-electron chi connectivity index (χ1n) is 8.44. The molecule has 2 aromatic carbocycles. The number of carbonyl (C=O) groups excluding carboxylic acids is 2. The van der Waals surface area contributed by atoms with Crippen molar-refractivity contribution in [3.63, 3.8) is 0 Å². The monoisotopic (exact) mass is 517 g/mol. The first-order chi connectivity index (χ1) is 13.7. The molecule has 3 N–H and O–H groups in total. The zero-order valence-electron chi connectivity index (χ0n) is 15.5. The average molecular weight is 519 g/mol. The maximum Gasteiger partial charge on any atom is 0.276 e. The quantitative estimate of drug-likeness (QED) is 0.398. The molecule has 0 aliphatic heterocycles. The molecule has 0 radical (unpaired) electrons. The van der Waals surface area contributed by atoms with Crippen molar-refractivity contribution in [1.29, 1.82) is 0 Å². The zero-order valence-corrected chi connectivity index (χ0v) is 19.4. The summed E-state index contributed by atoms with van der Waals surface area (Å²) >= 11 is 20.1. The second-order valence-electron chi connectivity index (χ2n) is 6.25. The number of hydrazine groups is 1. The van der Waals surface area contributed by atoms with Gasteiger partial charge in [-0.1, -0.05) is 43.1 Å². The van der Waals surface area contributed by atoms with Crippen LogP contribution in [0.1, 0.15) is 35.7 Å². The number of ether oxygens (including phenoxy) is 1. The number of hydrogen-bond acceptors (Lipinski definition) is 4. The van der Waals surface area contributed by atoms with Gasteiger partial charge in [0.15, 0.2) is 11.7 Å². The molecule has 0 unspecified atom stereocenters. The fourth-order valence-corrected chi connectivity index (χ4v) is 3.37. The Kier molecular flexibility index (Phi) is 8.70. The minimum Gasteiger partial charge on any atom is -0.483 e. The Morgan fingerprint density at radius 3 is 2.34 bits per heavy atom. The molecule has 0 fully saturated rings. The minimum absolute atomic E-state index is 0.0954. The molecule has 154 valence electrons. The molecule has 2 amide bonds. The van der Waals surface area contributed by atoms with Gasteiger partial charge in [-0.25, -0.2) is 0 Å². The molecule has 0 spiro atoms. The van der Waals surface area contributed by atoms with Crippen LogP contribution in [-0.4, -0.2) is 23.5 Å². The lowest BCUT2D eigenvalue weighted by Crippen LogP contribution is -2.49. The van der Waals surface area contributed by atoms with Gasteiger partial charge >= 0.3 is 0 Å². The zero-order chi connectivity index (χ0) is 21.6. The standard InChI is InChI=1S/C19H18BrCl2N3O3S/c1-10(2)11-3-4-16(15(20)7-11)28-9-17(26)24-25-19(29)23-18(27)12-5-13(21)8-14(22)6-12/h3-8,10H,9H2,1-2H3,(H,24,26)(H2,23,25,27,29). The maximum atomic E-state index is 12.1. The van der Waals surface area contributed by atoms with Crippen LogP contribution in [0.4, 0.5) is 0 Å². The van der Waals surface area contributed by atoms with Crippen molar-refractivity contribution in [2.45, 2.75) is 19.8 Å². The van der Waals surface area contributed by atoms with E-state index in [1.54, 1.807) is 6.07 Å². The Morgan fingerprint density at radius 2 is 1.76 bits per heavy atom. The van der Waals surface area contributed by atoms with E-state index in [1.165, 1.54) is 18.2 Å². The minimum atomic E-state index is -0.522. The molecular formula is C19H18BrCl2N3O3S. The highest BCUT2D eigenvalue weighted by molar-refractivity contribution is 9.10. The van der Waals surface area contributed by atoms with Crippen molar-refractivity contribution in [2.24, 2.45) is 0 Å². The lowest BCUT2D eigenvalue weighted by molar-refractivity contribution is -0.123. The topological polar surface area (TPSA) is 79.5 Å². The van der Waals surface area contributed by atoms with E-state index in [0.29, 0.717) is 21.7 Å². The van der Waals surface area contributed by atoms with Crippen LogP contribution in [0.2, 0.25) is 10.0 Å². The van der Waals surface area contributed by atoms with Crippen LogP contribution >= 0.6 is 51.3 Å². The molecule has 6 nitrogen and oxygen atoms in total. The van der Waals surface area contributed by atoms with Gasteiger partial charge in [0.1, 0.15) is 5.75 Å². The number of rotatable bonds is 5. The second-order valence-corrected chi connectivity index (χ2v) is 8.38. The van der Waals surface area contributed by atoms with Gasteiger partial charge in [0.25, 0.3) is 11.8 Å². The van der Waals surface area contributed by atoms with Gasteiger partial charge in [-0.15, -0.1) is 0 Å². The molecule has 0 aliphatic rings. The van der Waals surface area contributed by atoms with Crippen LogP contribution < -0.4 is 20.9 Å². The van der Waals surface area contributed by atoms with Crippen molar-refractivity contribution in [3.8, 4) is 5.75 Å². The molecule has 0 bridgehead atoms. The third kappa shape index (κ3) is 7.47. The summed E-state index contributed by atoms with van der Waals surface area (Å²) in [5.74, 6) is -0.0796. The van der Waals surface area contributed by atoms with E-state index in [0.717, 1.165) is 10.0 Å². The van der Waals surface area contributed by atoms with E-state index in [1.807, 2.05) is 12.1 Å². The first-order valence-corrected chi connectivity index (χ1v) is 10.4. The van der Waals surface area contributed by atoms with Crippen molar-refractivity contribution in [3.05, 3.63) is 62.0 Å². The Labute approximate surface area is 192 Å². The smallest absolute Gasteiger partial charge is 0.276 e. The first kappa shape index (κ1) is 23.4. The summed E-state index contributed by atoms with van der Waals surface area (Å²) in [6.45, 7) is 3.93. The Hall–Kier alpha value is -1.87. The molecule has 0 aromatic heterocycles. The summed E-state index contributed by atoms with van der Waals surface area (Å²) < 4.78 is 6.24. The number of benzene rings is 2. The normalized spacial score (nSPS) is 10.4. The van der Waals surface area contributed by atoms with E-state index < -0.39 is 11.8 Å². The van der Waals surface area contributed by atoms with E-state index in [2.05, 4.69) is 45.9 Å². The molecule has 10 heteroatoms. The number of nitrogens with one attached hydrogen (secondary N) is 3. The van der Waals surface area contributed by atoms with Gasteiger partial charge in [0.05, 0.1) is 4.47 Å². The highest BCUT2D eigenvalue weighted by Gasteiger charge is 2.11. The van der Waals surface area contributed by atoms with Crippen LogP contribution in [0.3, 0.4) is 0 Å². The Morgan fingerprint density at radius 1 is 1.10 bits per heavy atom. The van der Waals surface area contributed by atoms with E-state index in [-0.39, 0.29) is 17.3 Å². The highest BCUT2D eigenvalue weighted by Crippen LogP contribution is 2.28. The van der Waals surface area contributed by atoms with E-state index >= 15 is 0 Å². The molecule has 0 saturated heterocycles. The van der Waals surface area contributed by atoms with Gasteiger partial charge in [0.2, 0.25) is 0 Å². The SMILES string of the molecule is CC(C)c1ccc(OCC(=O)NNC(=S)NC(=O)c2cc(Cl)cc(Cl)c2)c(Br)c1. The summed E-state index contributed by atoms with van der Waals surface area (Å²) in [5, 5.41) is 2.95. The number of hydrogen-bond donors (Lipinski definition) is 3. The number of amides is 2. The summed E-state index contributed by atoms with van der Waals surface area (Å²) in [4.78, 5) is 24.1. The lowest BCUT2D eigenvalue weighted by Gasteiger charge is -2.13. The van der Waals surface area contributed by atoms with Crippen molar-refractivity contribution in [1.82, 2.24) is 16.2 Å². The third-order valence-corrected chi connectivity index (χ3v) is 4.91. The van der Waals surface area contributed by atoms with Gasteiger partial charge in [-0.3, -0.25) is 25.8 Å². The van der Waals surface area contributed by atoms with Crippen LogP contribution in [0.5, 0.6) is 5.75 Å². The molecule has 0 saturated carbocycles. The summed E-state index contributed by atoms with van der Waals surface area (Å²) in [6.07, 6.45) is 0. The Bertz CT molecular complexity index is 921. The second kappa shape index (κ2) is 10.8. The van der Waals surface area contributed by atoms with Gasteiger partial charge in [-0.2, -0.15) is 0 Å². The summed E-state index contributed by atoms with van der Waals surface area (Å²) in [7, 11) is 0. The van der Waals surface area contributed by atoms with E-state index in [9.17, 15) is 9.59 Å². The predicted molar refractivity (Wildman–Crippen MR) is 122 cm³/mol. The van der Waals surface area contributed by atoms with Crippen LogP contribution in [0.15, 0.2) is 40.9 Å². The molecule has 0 aliphatic carbocycles. The van der Waals surface area contributed by atoms with Gasteiger partial charge in [-0.05, 0) is 70.0 Å². The fraction of sp³-hybridized carbons (Fsp3) is 0.211. The largest absolute Gasteiger partial charge is 0.483 e. The molecule has 2 aromatic rings. The van der Waals surface area contributed by atoms with Gasteiger partial charge < -0.3 is 4.74 Å². The Balaban J connectivity index is 1.80. The van der Waals surface area contributed by atoms with Crippen LogP contribution in [-0.2, 0) is 4.79 Å². The molecule has 29 heavy (non-hydrogen) atoms. The average Bonchev–Trinajstić information content (AvgIpc) is 2.64. The van der Waals surface area contributed by atoms with E-state index in [4.69, 9.17) is 40.2 Å². The number of thiocarbonyl (C=S) groups is 1. The summed E-state index contributed by atoms with van der Waals surface area (Å²) in [6, 6.07) is 10.1. The number of halogens is 3. The molecule has 0 atom stereocenters. The molecule has 0 heterocycles. The van der Waals surface area contributed by atoms with Crippen LogP contribution in [0, 0.1) is 0 Å². The number of carbonyl (C=O) groups is 2. The third-order valence-electron chi connectivity index (χ3n) is 3.65. The highest BCUT2D eigenvalue weighted by atomic mass is 79.9. The van der Waals surface area contributed by atoms with Crippen LogP contribution in [0.25, 0.3) is 0 Å².